The molecule has 0 bridgehead atoms. The monoisotopic (exact) mass is 450 g/mol. The summed E-state index contributed by atoms with van der Waals surface area (Å²) < 4.78 is 10.7. The van der Waals surface area contributed by atoms with Gasteiger partial charge in [-0.2, -0.15) is 0 Å². The Morgan fingerprint density at radius 2 is 1.70 bits per heavy atom. The van der Waals surface area contributed by atoms with Gasteiger partial charge in [0.1, 0.15) is 11.5 Å². The minimum atomic E-state index is -0.653. The van der Waals surface area contributed by atoms with Crippen molar-refractivity contribution in [1.29, 1.82) is 0 Å². The Morgan fingerprint density at radius 3 is 2.33 bits per heavy atom. The zero-order chi connectivity index (χ0) is 23.4. The quantitative estimate of drug-likeness (QED) is 0.397. The van der Waals surface area contributed by atoms with E-state index in [9.17, 15) is 14.7 Å². The third-order valence-corrected chi connectivity index (χ3v) is 6.27. The summed E-state index contributed by atoms with van der Waals surface area (Å²) in [6.45, 7) is 6.36. The molecule has 0 spiro atoms. The number of aryl methyl sites for hydroxylation is 1. The molecule has 2 aromatic carbocycles. The van der Waals surface area contributed by atoms with Crippen molar-refractivity contribution in [1.82, 2.24) is 9.80 Å². The van der Waals surface area contributed by atoms with Crippen LogP contribution in [0.25, 0.3) is 5.76 Å². The van der Waals surface area contributed by atoms with Gasteiger partial charge in [-0.3, -0.25) is 14.5 Å². The Morgan fingerprint density at radius 1 is 1.03 bits per heavy atom. The van der Waals surface area contributed by atoms with Gasteiger partial charge in [-0.1, -0.05) is 42.0 Å². The summed E-state index contributed by atoms with van der Waals surface area (Å²) in [7, 11) is 1.59. The van der Waals surface area contributed by atoms with Crippen LogP contribution < -0.4 is 4.74 Å². The number of carbonyl (C=O) groups is 2. The number of benzene rings is 2. The number of nitrogens with zero attached hydrogens (tertiary/aromatic N) is 2. The third kappa shape index (κ3) is 4.94. The molecule has 33 heavy (non-hydrogen) atoms. The fourth-order valence-electron chi connectivity index (χ4n) is 4.40. The standard InChI is InChI=1S/C26H30N2O5/c1-18-4-6-20(7-5-18)24(29)22-23(19-8-10-21(32-2)11-9-19)28(26(31)25(22)30)13-3-12-27-14-16-33-17-15-27/h4-11,23,29H,3,12-17H2,1-2H3/b24-22-. The van der Waals surface area contributed by atoms with Crippen molar-refractivity contribution in [2.45, 2.75) is 19.4 Å². The number of aliphatic hydroxyl groups is 1. The van der Waals surface area contributed by atoms with Crippen LogP contribution in [0.4, 0.5) is 0 Å². The van der Waals surface area contributed by atoms with Crippen molar-refractivity contribution in [3.63, 3.8) is 0 Å². The van der Waals surface area contributed by atoms with Crippen LogP contribution in [0.5, 0.6) is 5.75 Å². The summed E-state index contributed by atoms with van der Waals surface area (Å²) in [6, 6.07) is 13.9. The highest BCUT2D eigenvalue weighted by molar-refractivity contribution is 6.46. The lowest BCUT2D eigenvalue weighted by Gasteiger charge is -2.29. The van der Waals surface area contributed by atoms with Crippen LogP contribution >= 0.6 is 0 Å². The number of amides is 1. The molecular weight excluding hydrogens is 420 g/mol. The van der Waals surface area contributed by atoms with E-state index in [0.717, 1.165) is 37.2 Å². The molecule has 174 valence electrons. The average molecular weight is 451 g/mol. The molecule has 7 heteroatoms. The maximum Gasteiger partial charge on any atom is 0.295 e. The number of ether oxygens (including phenoxy) is 2. The van der Waals surface area contributed by atoms with Crippen LogP contribution in [0, 0.1) is 6.92 Å². The van der Waals surface area contributed by atoms with Crippen LogP contribution in [0.2, 0.25) is 0 Å². The van der Waals surface area contributed by atoms with Gasteiger partial charge >= 0.3 is 0 Å². The highest BCUT2D eigenvalue weighted by Crippen LogP contribution is 2.39. The van der Waals surface area contributed by atoms with Crippen LogP contribution in [0.3, 0.4) is 0 Å². The largest absolute Gasteiger partial charge is 0.507 e. The average Bonchev–Trinajstić information content (AvgIpc) is 3.10. The molecule has 4 rings (SSSR count). The SMILES string of the molecule is COc1ccc(C2/C(=C(/O)c3ccc(C)cc3)C(=O)C(=O)N2CCCN2CCOCC2)cc1. The Hall–Kier alpha value is -3.16. The molecule has 1 N–H and O–H groups in total. The highest BCUT2D eigenvalue weighted by Gasteiger charge is 2.45. The number of ketones is 1. The molecule has 2 aromatic rings. The molecule has 0 aromatic heterocycles. The highest BCUT2D eigenvalue weighted by atomic mass is 16.5. The summed E-state index contributed by atoms with van der Waals surface area (Å²) in [4.78, 5) is 30.1. The minimum Gasteiger partial charge on any atom is -0.507 e. The first-order valence-corrected chi connectivity index (χ1v) is 11.3. The normalized spacial score (nSPS) is 20.9. The second kappa shape index (κ2) is 10.2. The molecule has 2 aliphatic heterocycles. The number of likely N-dealkylation sites (tertiary alicyclic amines) is 1. The Balaban J connectivity index is 1.66. The maximum absolute atomic E-state index is 13.1. The molecule has 7 nitrogen and oxygen atoms in total. The number of aliphatic hydroxyl groups excluding tert-OH is 1. The van der Waals surface area contributed by atoms with Gasteiger partial charge in [0.15, 0.2) is 0 Å². The van der Waals surface area contributed by atoms with Crippen molar-refractivity contribution in [2.24, 2.45) is 0 Å². The van der Waals surface area contributed by atoms with E-state index in [4.69, 9.17) is 9.47 Å². The minimum absolute atomic E-state index is 0.125. The van der Waals surface area contributed by atoms with E-state index in [1.165, 1.54) is 0 Å². The Bertz CT molecular complexity index is 1020. The van der Waals surface area contributed by atoms with Gasteiger partial charge in [-0.05, 0) is 31.0 Å². The van der Waals surface area contributed by atoms with Crippen LogP contribution in [0.15, 0.2) is 54.1 Å². The number of morpholine rings is 1. The Labute approximate surface area is 194 Å². The number of methoxy groups -OCH3 is 1. The predicted octanol–water partition coefficient (Wildman–Crippen LogP) is 3.15. The number of Topliss-reactive ketones (excluding diaryl/α,β-unsaturated/α-hetero) is 1. The van der Waals surface area contributed by atoms with Gasteiger partial charge in [-0.25, -0.2) is 0 Å². The topological polar surface area (TPSA) is 79.3 Å². The first-order valence-electron chi connectivity index (χ1n) is 11.3. The number of carbonyl (C=O) groups excluding carboxylic acids is 2. The first-order chi connectivity index (χ1) is 16.0. The van der Waals surface area contributed by atoms with Gasteiger partial charge < -0.3 is 19.5 Å². The lowest BCUT2D eigenvalue weighted by atomic mass is 9.95. The molecular formula is C26H30N2O5. The Kier molecular flexibility index (Phi) is 7.11. The summed E-state index contributed by atoms with van der Waals surface area (Å²) >= 11 is 0. The van der Waals surface area contributed by atoms with E-state index in [-0.39, 0.29) is 11.3 Å². The molecule has 2 aliphatic rings. The van der Waals surface area contributed by atoms with Crippen molar-refractivity contribution < 1.29 is 24.2 Å². The van der Waals surface area contributed by atoms with Crippen molar-refractivity contribution in [2.75, 3.05) is 46.5 Å². The second-order valence-electron chi connectivity index (χ2n) is 8.44. The van der Waals surface area contributed by atoms with E-state index in [1.54, 1.807) is 36.3 Å². The van der Waals surface area contributed by atoms with Gasteiger partial charge in [0.25, 0.3) is 11.7 Å². The van der Waals surface area contributed by atoms with Crippen LogP contribution in [-0.4, -0.2) is 73.1 Å². The van der Waals surface area contributed by atoms with E-state index in [0.29, 0.717) is 31.1 Å². The van der Waals surface area contributed by atoms with Gasteiger partial charge in [0.05, 0.1) is 31.9 Å². The molecule has 0 radical (unpaired) electrons. The molecule has 1 unspecified atom stereocenters. The summed E-state index contributed by atoms with van der Waals surface area (Å²) in [5.74, 6) is -0.696. The summed E-state index contributed by atoms with van der Waals surface area (Å²) in [5, 5.41) is 11.1. The lowest BCUT2D eigenvalue weighted by Crippen LogP contribution is -2.38. The second-order valence-corrected chi connectivity index (χ2v) is 8.44. The van der Waals surface area contributed by atoms with E-state index >= 15 is 0 Å². The smallest absolute Gasteiger partial charge is 0.295 e. The molecule has 1 atom stereocenters. The third-order valence-electron chi connectivity index (χ3n) is 6.27. The van der Waals surface area contributed by atoms with Crippen LogP contribution in [-0.2, 0) is 14.3 Å². The molecule has 2 heterocycles. The van der Waals surface area contributed by atoms with E-state index in [1.807, 2.05) is 31.2 Å². The maximum atomic E-state index is 13.1. The van der Waals surface area contributed by atoms with Crippen LogP contribution in [0.1, 0.15) is 29.2 Å². The van der Waals surface area contributed by atoms with Gasteiger partial charge in [0.2, 0.25) is 0 Å². The van der Waals surface area contributed by atoms with Crippen molar-refractivity contribution in [3.05, 3.63) is 70.8 Å². The summed E-state index contributed by atoms with van der Waals surface area (Å²) in [5.41, 5.74) is 2.45. The van der Waals surface area contributed by atoms with Crippen molar-refractivity contribution in [3.8, 4) is 5.75 Å². The molecule has 1 amide bonds. The molecule has 2 saturated heterocycles. The summed E-state index contributed by atoms with van der Waals surface area (Å²) in [6.07, 6.45) is 0.726. The fraction of sp³-hybridized carbons (Fsp3) is 0.385. The number of hydrogen-bond donors (Lipinski definition) is 1. The molecule has 0 aliphatic carbocycles. The van der Waals surface area contributed by atoms with Gasteiger partial charge in [-0.15, -0.1) is 0 Å². The van der Waals surface area contributed by atoms with Crippen molar-refractivity contribution >= 4 is 17.4 Å². The van der Waals surface area contributed by atoms with E-state index < -0.39 is 17.7 Å². The van der Waals surface area contributed by atoms with Gasteiger partial charge in [0, 0.05) is 31.7 Å². The zero-order valence-corrected chi connectivity index (χ0v) is 19.1. The van der Waals surface area contributed by atoms with E-state index in [2.05, 4.69) is 4.90 Å². The number of hydrogen-bond acceptors (Lipinski definition) is 6. The lowest BCUT2D eigenvalue weighted by molar-refractivity contribution is -0.140. The molecule has 2 fully saturated rings. The fourth-order valence-corrected chi connectivity index (χ4v) is 4.40. The number of rotatable bonds is 7. The predicted molar refractivity (Wildman–Crippen MR) is 125 cm³/mol. The molecule has 0 saturated carbocycles. The first kappa shape index (κ1) is 23.0. The zero-order valence-electron chi connectivity index (χ0n) is 19.1.